The molecule has 1 atom stereocenters. The molecule has 1 unspecified atom stereocenters. The van der Waals surface area contributed by atoms with Gasteiger partial charge in [0, 0.05) is 25.2 Å². The number of para-hydroxylation sites is 1. The smallest absolute Gasteiger partial charge is 0.408 e. The SMILES string of the molecule is CNC1(CC=O)CN(c2ccccc2)CCN1C(=O)O. The fourth-order valence-corrected chi connectivity index (χ4v) is 2.68. The number of benzene rings is 1. The van der Waals surface area contributed by atoms with E-state index in [1.54, 1.807) is 7.05 Å². The first-order valence-corrected chi connectivity index (χ1v) is 6.56. The Bertz CT molecular complexity index is 480. The van der Waals surface area contributed by atoms with E-state index < -0.39 is 11.8 Å². The van der Waals surface area contributed by atoms with Crippen LogP contribution >= 0.6 is 0 Å². The second-order valence-electron chi connectivity index (χ2n) is 4.84. The first-order chi connectivity index (χ1) is 9.63. The summed E-state index contributed by atoms with van der Waals surface area (Å²) in [5.74, 6) is 0. The molecule has 1 saturated heterocycles. The zero-order valence-electron chi connectivity index (χ0n) is 11.5. The van der Waals surface area contributed by atoms with Crippen molar-refractivity contribution in [1.82, 2.24) is 10.2 Å². The van der Waals surface area contributed by atoms with E-state index in [1.807, 2.05) is 30.3 Å². The minimum Gasteiger partial charge on any atom is -0.465 e. The summed E-state index contributed by atoms with van der Waals surface area (Å²) < 4.78 is 0. The van der Waals surface area contributed by atoms with Crippen LogP contribution in [0.4, 0.5) is 10.5 Å². The minimum absolute atomic E-state index is 0.124. The van der Waals surface area contributed by atoms with Crippen LogP contribution in [0.5, 0.6) is 0 Å². The molecular formula is C14H19N3O3. The van der Waals surface area contributed by atoms with E-state index >= 15 is 0 Å². The molecule has 1 aliphatic rings. The van der Waals surface area contributed by atoms with Crippen molar-refractivity contribution < 1.29 is 14.7 Å². The number of piperazine rings is 1. The summed E-state index contributed by atoms with van der Waals surface area (Å²) >= 11 is 0. The molecular weight excluding hydrogens is 258 g/mol. The highest BCUT2D eigenvalue weighted by Gasteiger charge is 2.43. The van der Waals surface area contributed by atoms with Crippen molar-refractivity contribution in [2.45, 2.75) is 12.1 Å². The largest absolute Gasteiger partial charge is 0.465 e. The predicted octanol–water partition coefficient (Wildman–Crippen LogP) is 0.991. The molecule has 0 radical (unpaired) electrons. The van der Waals surface area contributed by atoms with Gasteiger partial charge in [0.2, 0.25) is 0 Å². The van der Waals surface area contributed by atoms with Gasteiger partial charge in [-0.3, -0.25) is 10.2 Å². The Hall–Kier alpha value is -2.08. The van der Waals surface area contributed by atoms with E-state index in [9.17, 15) is 14.7 Å². The average molecular weight is 277 g/mol. The number of rotatable bonds is 4. The van der Waals surface area contributed by atoms with Crippen LogP contribution < -0.4 is 10.2 Å². The maximum absolute atomic E-state index is 11.4. The van der Waals surface area contributed by atoms with Crippen LogP contribution in [0.3, 0.4) is 0 Å². The molecule has 0 aliphatic carbocycles. The molecule has 0 saturated carbocycles. The molecule has 1 fully saturated rings. The van der Waals surface area contributed by atoms with Gasteiger partial charge < -0.3 is 14.8 Å². The lowest BCUT2D eigenvalue weighted by Gasteiger charge is -2.49. The van der Waals surface area contributed by atoms with Gasteiger partial charge >= 0.3 is 6.09 Å². The summed E-state index contributed by atoms with van der Waals surface area (Å²) in [4.78, 5) is 25.8. The van der Waals surface area contributed by atoms with Crippen LogP contribution in [0, 0.1) is 0 Å². The second kappa shape index (κ2) is 5.92. The number of aldehydes is 1. The van der Waals surface area contributed by atoms with E-state index in [-0.39, 0.29) is 6.42 Å². The van der Waals surface area contributed by atoms with Gasteiger partial charge in [-0.05, 0) is 19.2 Å². The minimum atomic E-state index is -1.01. The quantitative estimate of drug-likeness (QED) is 0.803. The molecule has 108 valence electrons. The lowest BCUT2D eigenvalue weighted by atomic mass is 10.0. The van der Waals surface area contributed by atoms with Crippen LogP contribution in [0.15, 0.2) is 30.3 Å². The number of anilines is 1. The number of hydrogen-bond acceptors (Lipinski definition) is 4. The van der Waals surface area contributed by atoms with E-state index in [0.717, 1.165) is 12.0 Å². The van der Waals surface area contributed by atoms with Crippen molar-refractivity contribution in [1.29, 1.82) is 0 Å². The standard InChI is InChI=1S/C14H19N3O3/c1-15-14(7-10-18)11-16(8-9-17(14)13(19)20)12-5-3-2-4-6-12/h2-6,10,15H,7-9,11H2,1H3,(H,19,20). The summed E-state index contributed by atoms with van der Waals surface area (Å²) in [5, 5.41) is 12.4. The summed E-state index contributed by atoms with van der Waals surface area (Å²) in [6.07, 6.45) is -0.117. The highest BCUT2D eigenvalue weighted by molar-refractivity contribution is 5.68. The molecule has 1 aromatic carbocycles. The fraction of sp³-hybridized carbons (Fsp3) is 0.429. The maximum atomic E-state index is 11.4. The molecule has 1 heterocycles. The molecule has 6 nitrogen and oxygen atoms in total. The van der Waals surface area contributed by atoms with Crippen molar-refractivity contribution >= 4 is 18.1 Å². The molecule has 1 amide bonds. The second-order valence-corrected chi connectivity index (χ2v) is 4.84. The Morgan fingerprint density at radius 1 is 1.40 bits per heavy atom. The van der Waals surface area contributed by atoms with Gasteiger partial charge in [-0.1, -0.05) is 18.2 Å². The molecule has 0 bridgehead atoms. The van der Waals surface area contributed by atoms with Gasteiger partial charge in [0.25, 0.3) is 0 Å². The Labute approximate surface area is 118 Å². The first-order valence-electron chi connectivity index (χ1n) is 6.56. The number of carbonyl (C=O) groups is 2. The van der Waals surface area contributed by atoms with Crippen molar-refractivity contribution in [3.63, 3.8) is 0 Å². The molecule has 2 N–H and O–H groups in total. The zero-order valence-corrected chi connectivity index (χ0v) is 11.5. The number of nitrogens with zero attached hydrogens (tertiary/aromatic N) is 2. The van der Waals surface area contributed by atoms with Crippen molar-refractivity contribution in [3.05, 3.63) is 30.3 Å². The molecule has 20 heavy (non-hydrogen) atoms. The average Bonchev–Trinajstić information content (AvgIpc) is 2.48. The number of carbonyl (C=O) groups excluding carboxylic acids is 1. The fourth-order valence-electron chi connectivity index (χ4n) is 2.68. The molecule has 2 rings (SSSR count). The molecule has 0 spiro atoms. The van der Waals surface area contributed by atoms with Crippen LogP contribution in [-0.2, 0) is 4.79 Å². The lowest BCUT2D eigenvalue weighted by Crippen LogP contribution is -2.69. The Kier molecular flexibility index (Phi) is 4.24. The van der Waals surface area contributed by atoms with Gasteiger partial charge in [-0.25, -0.2) is 4.79 Å². The molecule has 1 aliphatic heterocycles. The number of nitrogens with one attached hydrogen (secondary N) is 1. The summed E-state index contributed by atoms with van der Waals surface area (Å²) in [7, 11) is 1.69. The maximum Gasteiger partial charge on any atom is 0.408 e. The summed E-state index contributed by atoms with van der Waals surface area (Å²) in [5.41, 5.74) is 0.157. The van der Waals surface area contributed by atoms with Gasteiger partial charge in [-0.15, -0.1) is 0 Å². The number of amides is 1. The molecule has 0 aromatic heterocycles. The first kappa shape index (κ1) is 14.3. The van der Waals surface area contributed by atoms with Crippen molar-refractivity contribution in [2.75, 3.05) is 31.6 Å². The summed E-state index contributed by atoms with van der Waals surface area (Å²) in [6.45, 7) is 1.41. The highest BCUT2D eigenvalue weighted by Crippen LogP contribution is 2.26. The van der Waals surface area contributed by atoms with E-state index in [2.05, 4.69) is 10.2 Å². The van der Waals surface area contributed by atoms with Crippen LogP contribution in [0.25, 0.3) is 0 Å². The number of likely N-dealkylation sites (N-methyl/N-ethyl adjacent to an activating group) is 1. The Morgan fingerprint density at radius 2 is 2.10 bits per heavy atom. The summed E-state index contributed by atoms with van der Waals surface area (Å²) in [6, 6.07) is 9.79. The van der Waals surface area contributed by atoms with Crippen LogP contribution in [0.1, 0.15) is 6.42 Å². The third-order valence-corrected chi connectivity index (χ3v) is 3.80. The van der Waals surface area contributed by atoms with Gasteiger partial charge in [0.15, 0.2) is 0 Å². The van der Waals surface area contributed by atoms with Crippen molar-refractivity contribution in [2.24, 2.45) is 0 Å². The van der Waals surface area contributed by atoms with Gasteiger partial charge in [0.05, 0.1) is 6.54 Å². The van der Waals surface area contributed by atoms with Gasteiger partial charge in [0.1, 0.15) is 11.9 Å². The molecule has 6 heteroatoms. The Morgan fingerprint density at radius 3 is 2.65 bits per heavy atom. The van der Waals surface area contributed by atoms with Gasteiger partial charge in [-0.2, -0.15) is 0 Å². The zero-order chi connectivity index (χ0) is 14.6. The normalized spacial score (nSPS) is 22.6. The predicted molar refractivity (Wildman–Crippen MR) is 75.9 cm³/mol. The number of hydrogen-bond donors (Lipinski definition) is 2. The van der Waals surface area contributed by atoms with E-state index in [0.29, 0.717) is 19.6 Å². The monoisotopic (exact) mass is 277 g/mol. The van der Waals surface area contributed by atoms with E-state index in [4.69, 9.17) is 0 Å². The van der Waals surface area contributed by atoms with Crippen LogP contribution in [0.2, 0.25) is 0 Å². The van der Waals surface area contributed by atoms with Crippen molar-refractivity contribution in [3.8, 4) is 0 Å². The Balaban J connectivity index is 2.28. The number of carboxylic acid groups (broad SMARTS) is 1. The topological polar surface area (TPSA) is 72.9 Å². The molecule has 1 aromatic rings. The van der Waals surface area contributed by atoms with E-state index in [1.165, 1.54) is 4.90 Å². The van der Waals surface area contributed by atoms with Crippen LogP contribution in [-0.4, -0.2) is 54.7 Å². The third kappa shape index (κ3) is 2.60. The third-order valence-electron chi connectivity index (χ3n) is 3.80. The lowest BCUT2D eigenvalue weighted by molar-refractivity contribution is -0.110. The highest BCUT2D eigenvalue weighted by atomic mass is 16.4.